The van der Waals surface area contributed by atoms with Crippen molar-refractivity contribution in [3.8, 4) is 0 Å². The number of benzene rings is 3. The number of aliphatic imine (C=N–C) groups is 1. The molecule has 4 aromatic rings. The highest BCUT2D eigenvalue weighted by molar-refractivity contribution is 5.83. The summed E-state index contributed by atoms with van der Waals surface area (Å²) in [6.07, 6.45) is 3.79. The number of hydrogen-bond donors (Lipinski definition) is 2. The van der Waals surface area contributed by atoms with Gasteiger partial charge in [-0.25, -0.2) is 0 Å². The predicted octanol–water partition coefficient (Wildman–Crippen LogP) is 3.95. The normalized spacial score (nSPS) is 11.6. The largest absolute Gasteiger partial charge is 0.352 e. The fourth-order valence-electron chi connectivity index (χ4n) is 3.39. The molecular weight excluding hydrogens is 358 g/mol. The molecule has 146 valence electrons. The maximum Gasteiger partial charge on any atom is 0.191 e. The van der Waals surface area contributed by atoms with Crippen LogP contribution >= 0.6 is 0 Å². The third-order valence-corrected chi connectivity index (χ3v) is 4.95. The fourth-order valence-corrected chi connectivity index (χ4v) is 3.39. The molecule has 4 rings (SSSR count). The first-order chi connectivity index (χ1) is 14.3. The molecule has 1 heterocycles. The van der Waals surface area contributed by atoms with Crippen LogP contribution in [0.2, 0.25) is 0 Å². The minimum atomic E-state index is 0.703. The Labute approximate surface area is 171 Å². The van der Waals surface area contributed by atoms with Crippen molar-refractivity contribution in [2.75, 3.05) is 7.05 Å². The lowest BCUT2D eigenvalue weighted by molar-refractivity contribution is 0.677. The minimum absolute atomic E-state index is 0.703. The molecule has 0 aliphatic rings. The third kappa shape index (κ3) is 4.82. The van der Waals surface area contributed by atoms with Crippen LogP contribution in [0, 0.1) is 0 Å². The minimum Gasteiger partial charge on any atom is -0.352 e. The zero-order valence-corrected chi connectivity index (χ0v) is 16.5. The highest BCUT2D eigenvalue weighted by Gasteiger charge is 2.05. The van der Waals surface area contributed by atoms with Crippen molar-refractivity contribution in [2.24, 2.45) is 4.99 Å². The van der Waals surface area contributed by atoms with E-state index in [4.69, 9.17) is 0 Å². The van der Waals surface area contributed by atoms with Gasteiger partial charge in [0, 0.05) is 32.5 Å². The van der Waals surface area contributed by atoms with Gasteiger partial charge in [-0.1, -0.05) is 60.7 Å². The highest BCUT2D eigenvalue weighted by Crippen LogP contribution is 2.15. The van der Waals surface area contributed by atoms with Gasteiger partial charge in [-0.15, -0.1) is 0 Å². The predicted molar refractivity (Wildman–Crippen MR) is 119 cm³/mol. The molecule has 0 bridgehead atoms. The zero-order valence-electron chi connectivity index (χ0n) is 16.5. The molecule has 0 amide bonds. The Morgan fingerprint density at radius 1 is 0.862 bits per heavy atom. The maximum absolute atomic E-state index is 4.36. The summed E-state index contributed by atoms with van der Waals surface area (Å²) in [5.41, 5.74) is 3.70. The van der Waals surface area contributed by atoms with Crippen LogP contribution in [-0.2, 0) is 19.6 Å². The number of rotatable bonds is 6. The quantitative estimate of drug-likeness (QED) is 0.392. The van der Waals surface area contributed by atoms with E-state index >= 15 is 0 Å². The van der Waals surface area contributed by atoms with Crippen LogP contribution in [0.1, 0.15) is 16.7 Å². The van der Waals surface area contributed by atoms with Crippen molar-refractivity contribution >= 4 is 16.7 Å². The second-order valence-electron chi connectivity index (χ2n) is 6.93. The van der Waals surface area contributed by atoms with Gasteiger partial charge in [-0.3, -0.25) is 9.67 Å². The van der Waals surface area contributed by atoms with E-state index in [1.54, 1.807) is 13.2 Å². The van der Waals surface area contributed by atoms with Gasteiger partial charge in [0.1, 0.15) is 0 Å². The number of hydrogen-bond acceptors (Lipinski definition) is 2. The molecular formula is C24H25N5. The first kappa shape index (κ1) is 18.7. The number of nitrogens with zero attached hydrogens (tertiary/aromatic N) is 3. The Bertz CT molecular complexity index is 1100. The van der Waals surface area contributed by atoms with Crippen LogP contribution in [0.3, 0.4) is 0 Å². The monoisotopic (exact) mass is 383 g/mol. The van der Waals surface area contributed by atoms with Gasteiger partial charge in [0.25, 0.3) is 0 Å². The second kappa shape index (κ2) is 9.06. The van der Waals surface area contributed by atoms with Crippen molar-refractivity contribution in [3.05, 3.63) is 102 Å². The maximum atomic E-state index is 4.36. The number of fused-ring (bicyclic) bond motifs is 1. The van der Waals surface area contributed by atoms with E-state index in [1.807, 2.05) is 16.9 Å². The van der Waals surface area contributed by atoms with Crippen LogP contribution in [-0.4, -0.2) is 22.8 Å². The molecule has 3 aromatic carbocycles. The summed E-state index contributed by atoms with van der Waals surface area (Å²) in [6, 6.07) is 25.3. The van der Waals surface area contributed by atoms with Gasteiger partial charge >= 0.3 is 0 Å². The molecule has 5 heteroatoms. The van der Waals surface area contributed by atoms with Crippen molar-refractivity contribution < 1.29 is 0 Å². The summed E-state index contributed by atoms with van der Waals surface area (Å²) in [5, 5.41) is 13.6. The van der Waals surface area contributed by atoms with Crippen LogP contribution in [0.5, 0.6) is 0 Å². The van der Waals surface area contributed by atoms with Crippen LogP contribution in [0.25, 0.3) is 10.8 Å². The average Bonchev–Trinajstić information content (AvgIpc) is 3.28. The molecule has 0 unspecified atom stereocenters. The molecule has 5 nitrogen and oxygen atoms in total. The Balaban J connectivity index is 1.37. The number of guanidine groups is 1. The van der Waals surface area contributed by atoms with Crippen molar-refractivity contribution in [3.63, 3.8) is 0 Å². The number of nitrogens with one attached hydrogen (secondary N) is 2. The lowest BCUT2D eigenvalue weighted by Crippen LogP contribution is -2.36. The number of aromatic nitrogens is 2. The summed E-state index contributed by atoms with van der Waals surface area (Å²) >= 11 is 0. The Morgan fingerprint density at radius 3 is 2.41 bits per heavy atom. The van der Waals surface area contributed by atoms with Gasteiger partial charge in [0.2, 0.25) is 0 Å². The molecule has 29 heavy (non-hydrogen) atoms. The van der Waals surface area contributed by atoms with Gasteiger partial charge in [-0.2, -0.15) is 5.10 Å². The Kier molecular flexibility index (Phi) is 5.86. The zero-order chi connectivity index (χ0) is 19.9. The fraction of sp³-hybridized carbons (Fsp3) is 0.167. The van der Waals surface area contributed by atoms with Crippen LogP contribution < -0.4 is 10.6 Å². The molecule has 0 spiro atoms. The lowest BCUT2D eigenvalue weighted by Gasteiger charge is -2.15. The second-order valence-corrected chi connectivity index (χ2v) is 6.93. The van der Waals surface area contributed by atoms with E-state index < -0.39 is 0 Å². The first-order valence-corrected chi connectivity index (χ1v) is 9.78. The van der Waals surface area contributed by atoms with Gasteiger partial charge in [0.15, 0.2) is 5.96 Å². The molecule has 0 radical (unpaired) electrons. The van der Waals surface area contributed by atoms with E-state index in [9.17, 15) is 0 Å². The first-order valence-electron chi connectivity index (χ1n) is 9.78. The lowest BCUT2D eigenvalue weighted by atomic mass is 10.1. The van der Waals surface area contributed by atoms with E-state index in [1.165, 1.54) is 27.5 Å². The van der Waals surface area contributed by atoms with Crippen molar-refractivity contribution in [1.82, 2.24) is 20.4 Å². The standard InChI is InChI=1S/C24H25N5/c1-25-24(26-16-19-11-12-20-7-2-3-8-21(20)15-19)27-17-22-9-4-5-10-23(22)18-29-14-6-13-28-29/h2-15H,16-18H2,1H3,(H2,25,26,27). The summed E-state index contributed by atoms with van der Waals surface area (Å²) in [5.74, 6) is 0.784. The highest BCUT2D eigenvalue weighted by atomic mass is 15.3. The van der Waals surface area contributed by atoms with Crippen molar-refractivity contribution in [1.29, 1.82) is 0 Å². The molecule has 0 aliphatic carbocycles. The van der Waals surface area contributed by atoms with Gasteiger partial charge in [-0.05, 0) is 39.6 Å². The summed E-state index contributed by atoms with van der Waals surface area (Å²) < 4.78 is 1.94. The van der Waals surface area contributed by atoms with E-state index in [0.717, 1.165) is 19.0 Å². The summed E-state index contributed by atoms with van der Waals surface area (Å²) in [6.45, 7) is 2.18. The van der Waals surface area contributed by atoms with Gasteiger partial charge < -0.3 is 10.6 Å². The summed E-state index contributed by atoms with van der Waals surface area (Å²) in [4.78, 5) is 4.36. The summed E-state index contributed by atoms with van der Waals surface area (Å²) in [7, 11) is 1.80. The third-order valence-electron chi connectivity index (χ3n) is 4.95. The molecule has 0 saturated heterocycles. The molecule has 0 aliphatic heterocycles. The van der Waals surface area contributed by atoms with Gasteiger partial charge in [0.05, 0.1) is 6.54 Å². The Morgan fingerprint density at radius 2 is 1.62 bits per heavy atom. The average molecular weight is 383 g/mol. The molecule has 2 N–H and O–H groups in total. The van der Waals surface area contributed by atoms with E-state index in [-0.39, 0.29) is 0 Å². The molecule has 0 saturated carbocycles. The Hall–Kier alpha value is -3.60. The van der Waals surface area contributed by atoms with Crippen LogP contribution in [0.15, 0.2) is 90.2 Å². The molecule has 1 aromatic heterocycles. The van der Waals surface area contributed by atoms with Crippen LogP contribution in [0.4, 0.5) is 0 Å². The van der Waals surface area contributed by atoms with E-state index in [0.29, 0.717) is 6.54 Å². The van der Waals surface area contributed by atoms with Crippen molar-refractivity contribution in [2.45, 2.75) is 19.6 Å². The molecule has 0 atom stereocenters. The topological polar surface area (TPSA) is 54.2 Å². The molecule has 0 fully saturated rings. The smallest absolute Gasteiger partial charge is 0.191 e. The van der Waals surface area contributed by atoms with E-state index in [2.05, 4.69) is 87.5 Å². The SMILES string of the molecule is CN=C(NCc1ccc2ccccc2c1)NCc1ccccc1Cn1cccn1.